The molecule has 1 saturated carbocycles. The number of nitrogens with one attached hydrogen (secondary N) is 1. The first-order valence-corrected chi connectivity index (χ1v) is 8.91. The van der Waals surface area contributed by atoms with E-state index in [2.05, 4.69) is 0 Å². The third kappa shape index (κ3) is 2.91. The minimum Gasteiger partial charge on any atom is -0.321 e. The lowest BCUT2D eigenvalue weighted by Gasteiger charge is -2.51. The summed E-state index contributed by atoms with van der Waals surface area (Å²) in [6.45, 7) is 0. The topological polar surface area (TPSA) is 63.2 Å². The Morgan fingerprint density at radius 2 is 1.16 bits per heavy atom. The minimum atomic E-state index is -7.53. The van der Waals surface area contributed by atoms with E-state index in [4.69, 9.17) is 11.6 Å². The molecular formula is C13H4ClF12NO3S. The largest absolute Gasteiger partial charge is 0.384 e. The third-order valence-corrected chi connectivity index (χ3v) is 5.37. The maximum atomic E-state index is 14.6. The zero-order valence-electron chi connectivity index (χ0n) is 13.8. The maximum absolute atomic E-state index is 14.6. The Balaban J connectivity index is 2.72. The molecule has 1 amide bonds. The molecule has 18 heteroatoms. The Labute approximate surface area is 168 Å². The summed E-state index contributed by atoms with van der Waals surface area (Å²) < 4.78 is 184. The van der Waals surface area contributed by atoms with Gasteiger partial charge in [-0.1, -0.05) is 11.6 Å². The fraction of sp³-hybridized carbons (Fsp3) is 0.462. The van der Waals surface area contributed by atoms with Crippen LogP contribution in [0.3, 0.4) is 0 Å². The van der Waals surface area contributed by atoms with Gasteiger partial charge >= 0.3 is 45.5 Å². The Morgan fingerprint density at radius 1 is 0.774 bits per heavy atom. The second kappa shape index (κ2) is 6.55. The van der Waals surface area contributed by atoms with Crippen molar-refractivity contribution in [3.8, 4) is 0 Å². The van der Waals surface area contributed by atoms with E-state index in [0.717, 1.165) is 0 Å². The van der Waals surface area contributed by atoms with Crippen molar-refractivity contribution in [2.45, 2.75) is 40.2 Å². The highest BCUT2D eigenvalue weighted by Gasteiger charge is 3.02. The highest BCUT2D eigenvalue weighted by Crippen LogP contribution is 2.69. The van der Waals surface area contributed by atoms with Crippen LogP contribution >= 0.6 is 11.6 Å². The van der Waals surface area contributed by atoms with Crippen LogP contribution in [0.4, 0.5) is 57.9 Å². The van der Waals surface area contributed by atoms with E-state index in [-0.39, 0.29) is 6.07 Å². The van der Waals surface area contributed by atoms with Crippen molar-refractivity contribution in [1.29, 1.82) is 0 Å². The van der Waals surface area contributed by atoms with E-state index in [0.29, 0.717) is 17.4 Å². The maximum Gasteiger partial charge on any atom is 0.384 e. The molecular weight excluding hydrogens is 514 g/mol. The standard InChI is InChI=1S/C13H4ClF12NO3S/c14-5-2-1-4(31(26,29)30)3-6(5)27-7(28)8(15)9(16,17)11(20,21)13(24,25)12(22,23)10(8,18)19/h1-3H,(H,27,28). The number of hydrogen-bond acceptors (Lipinski definition) is 3. The highest BCUT2D eigenvalue weighted by atomic mass is 35.5. The average Bonchev–Trinajstić information content (AvgIpc) is 2.59. The number of carbonyl (C=O) groups is 1. The minimum absolute atomic E-state index is 0.108. The van der Waals surface area contributed by atoms with Gasteiger partial charge in [0.2, 0.25) is 0 Å². The number of hydrogen-bond donors (Lipinski definition) is 1. The van der Waals surface area contributed by atoms with Gasteiger partial charge in [-0.25, -0.2) is 4.39 Å². The van der Waals surface area contributed by atoms with Crippen LogP contribution in [0.15, 0.2) is 23.1 Å². The molecule has 31 heavy (non-hydrogen) atoms. The summed E-state index contributed by atoms with van der Waals surface area (Å²) in [5.74, 6) is -41.2. The van der Waals surface area contributed by atoms with Gasteiger partial charge < -0.3 is 5.32 Å². The summed E-state index contributed by atoms with van der Waals surface area (Å²) in [5.41, 5.74) is -8.53. The molecule has 1 N–H and O–H groups in total. The first-order chi connectivity index (χ1) is 13.5. The number of carbonyl (C=O) groups excluding carboxylic acids is 1. The summed E-state index contributed by atoms with van der Waals surface area (Å²) in [6.07, 6.45) is 0. The molecule has 0 heterocycles. The van der Waals surface area contributed by atoms with Crippen LogP contribution in [0, 0.1) is 0 Å². The zero-order valence-corrected chi connectivity index (χ0v) is 15.4. The summed E-state index contributed by atoms with van der Waals surface area (Å²) in [4.78, 5) is 10.3. The summed E-state index contributed by atoms with van der Waals surface area (Å²) in [6, 6.07) is 0.608. The Bertz CT molecular complexity index is 1010. The first kappa shape index (κ1) is 25.4. The van der Waals surface area contributed by atoms with Gasteiger partial charge in [0.05, 0.1) is 10.7 Å². The molecule has 1 aromatic rings. The lowest BCUT2D eigenvalue weighted by Crippen LogP contribution is -2.86. The lowest BCUT2D eigenvalue weighted by atomic mass is 9.71. The second-order valence-electron chi connectivity index (χ2n) is 6.06. The van der Waals surface area contributed by atoms with Gasteiger partial charge in [0.25, 0.3) is 5.91 Å². The first-order valence-electron chi connectivity index (χ1n) is 7.15. The van der Waals surface area contributed by atoms with Gasteiger partial charge in [0.1, 0.15) is 4.90 Å². The SMILES string of the molecule is O=C(Nc1cc(S(=O)(=O)F)ccc1Cl)C1(F)C(F)(F)C(F)(F)C(F)(F)C(F)(F)C1(F)F. The Hall–Kier alpha value is -1.91. The predicted octanol–water partition coefficient (Wildman–Crippen LogP) is 4.84. The second-order valence-corrected chi connectivity index (χ2v) is 7.82. The van der Waals surface area contributed by atoms with Crippen LogP contribution < -0.4 is 5.32 Å². The molecule has 0 unspecified atom stereocenters. The zero-order chi connectivity index (χ0) is 24.6. The van der Waals surface area contributed by atoms with E-state index in [1.807, 2.05) is 0 Å². The molecule has 0 saturated heterocycles. The Morgan fingerprint density at radius 3 is 1.55 bits per heavy atom. The van der Waals surface area contributed by atoms with Crippen molar-refractivity contribution in [3.05, 3.63) is 23.2 Å². The molecule has 1 aliphatic carbocycles. The van der Waals surface area contributed by atoms with Crippen molar-refractivity contribution in [3.63, 3.8) is 0 Å². The summed E-state index contributed by atoms with van der Waals surface area (Å²) in [5, 5.41) is -0.433. The van der Waals surface area contributed by atoms with E-state index < -0.39 is 67.0 Å². The molecule has 176 valence electrons. The van der Waals surface area contributed by atoms with Crippen LogP contribution in [-0.4, -0.2) is 49.6 Å². The quantitative estimate of drug-likeness (QED) is 0.461. The van der Waals surface area contributed by atoms with Crippen LogP contribution in [0.2, 0.25) is 5.02 Å². The van der Waals surface area contributed by atoms with Crippen molar-refractivity contribution in [2.75, 3.05) is 5.32 Å². The van der Waals surface area contributed by atoms with Gasteiger partial charge in [-0.05, 0) is 18.2 Å². The molecule has 0 aromatic heterocycles. The fourth-order valence-electron chi connectivity index (χ4n) is 2.47. The summed E-state index contributed by atoms with van der Waals surface area (Å²) in [7, 11) is -5.66. The Kier molecular flexibility index (Phi) is 5.36. The van der Waals surface area contributed by atoms with Gasteiger partial charge in [-0.3, -0.25) is 4.79 Å². The number of rotatable bonds is 3. The number of amides is 1. The van der Waals surface area contributed by atoms with E-state index in [1.54, 1.807) is 0 Å². The lowest BCUT2D eigenvalue weighted by molar-refractivity contribution is -0.475. The molecule has 0 radical (unpaired) electrons. The number of halogens is 13. The number of benzene rings is 1. The normalized spacial score (nSPS) is 24.9. The van der Waals surface area contributed by atoms with Gasteiger partial charge in [-0.2, -0.15) is 52.3 Å². The van der Waals surface area contributed by atoms with Crippen molar-refractivity contribution < 1.29 is 65.4 Å². The molecule has 2 rings (SSSR count). The highest BCUT2D eigenvalue weighted by molar-refractivity contribution is 7.86. The smallest absolute Gasteiger partial charge is 0.321 e. The summed E-state index contributed by atoms with van der Waals surface area (Å²) >= 11 is 5.33. The average molecular weight is 518 g/mol. The molecule has 0 bridgehead atoms. The predicted molar refractivity (Wildman–Crippen MR) is 76.9 cm³/mol. The fourth-order valence-corrected chi connectivity index (χ4v) is 3.12. The van der Waals surface area contributed by atoms with E-state index in [1.165, 1.54) is 0 Å². The number of anilines is 1. The third-order valence-electron chi connectivity index (χ3n) is 4.22. The molecule has 4 nitrogen and oxygen atoms in total. The molecule has 1 aliphatic rings. The van der Waals surface area contributed by atoms with Gasteiger partial charge in [0.15, 0.2) is 0 Å². The van der Waals surface area contributed by atoms with E-state index in [9.17, 15) is 65.4 Å². The molecule has 0 atom stereocenters. The van der Waals surface area contributed by atoms with Gasteiger partial charge in [-0.15, -0.1) is 3.89 Å². The molecule has 1 aromatic carbocycles. The molecule has 0 aliphatic heterocycles. The van der Waals surface area contributed by atoms with Crippen LogP contribution in [0.25, 0.3) is 0 Å². The van der Waals surface area contributed by atoms with Crippen molar-refractivity contribution in [1.82, 2.24) is 0 Å². The monoisotopic (exact) mass is 517 g/mol. The molecule has 1 fully saturated rings. The number of alkyl halides is 11. The van der Waals surface area contributed by atoms with Crippen LogP contribution in [0.5, 0.6) is 0 Å². The van der Waals surface area contributed by atoms with Crippen molar-refractivity contribution in [2.24, 2.45) is 0 Å². The van der Waals surface area contributed by atoms with Crippen LogP contribution in [-0.2, 0) is 15.0 Å². The van der Waals surface area contributed by atoms with Crippen LogP contribution in [0.1, 0.15) is 0 Å². The molecule has 0 spiro atoms. The van der Waals surface area contributed by atoms with Gasteiger partial charge in [0, 0.05) is 0 Å². The van der Waals surface area contributed by atoms with Crippen molar-refractivity contribution >= 4 is 33.4 Å². The van der Waals surface area contributed by atoms with E-state index >= 15 is 0 Å².